The van der Waals surface area contributed by atoms with E-state index in [9.17, 15) is 23.5 Å². The standard InChI is InChI=1S/C28H31ClF2N4O4/c1-39-23-12-11-18(25(29)34-23)26-33-21-13-19(30)20(31)14-22(21)35(26)24(15-5-3-2-4-6-15)27(36)32-17-9-7-16(8-10-17)28(37)38/h11-17,24H,2-10H2,1H3,(H,32,36)(H,37,38)/t16?,17?,24-/m0/s1. The highest BCUT2D eigenvalue weighted by molar-refractivity contribution is 6.32. The van der Waals surface area contributed by atoms with E-state index >= 15 is 0 Å². The monoisotopic (exact) mass is 560 g/mol. The van der Waals surface area contributed by atoms with Crippen LogP contribution in [0.4, 0.5) is 8.78 Å². The van der Waals surface area contributed by atoms with Crippen molar-refractivity contribution in [3.63, 3.8) is 0 Å². The van der Waals surface area contributed by atoms with Crippen molar-refractivity contribution in [3.05, 3.63) is 41.1 Å². The molecule has 0 unspecified atom stereocenters. The van der Waals surface area contributed by atoms with Crippen LogP contribution in [0.25, 0.3) is 22.4 Å². The summed E-state index contributed by atoms with van der Waals surface area (Å²) in [7, 11) is 1.46. The molecule has 39 heavy (non-hydrogen) atoms. The van der Waals surface area contributed by atoms with Crippen LogP contribution in [0.1, 0.15) is 63.8 Å². The number of aromatic nitrogens is 3. The number of amides is 1. The third-order valence-electron chi connectivity index (χ3n) is 8.07. The molecule has 2 heterocycles. The van der Waals surface area contributed by atoms with Gasteiger partial charge in [0.2, 0.25) is 11.8 Å². The van der Waals surface area contributed by atoms with E-state index in [1.54, 1.807) is 16.7 Å². The van der Waals surface area contributed by atoms with Gasteiger partial charge in [0.15, 0.2) is 11.6 Å². The van der Waals surface area contributed by atoms with Gasteiger partial charge in [-0.05, 0) is 50.5 Å². The molecule has 2 aliphatic carbocycles. The number of carbonyl (C=O) groups excluding carboxylic acids is 1. The van der Waals surface area contributed by atoms with Gasteiger partial charge in [0.25, 0.3) is 0 Å². The maximum Gasteiger partial charge on any atom is 0.306 e. The van der Waals surface area contributed by atoms with Crippen molar-refractivity contribution in [2.75, 3.05) is 7.11 Å². The number of fused-ring (bicyclic) bond motifs is 1. The van der Waals surface area contributed by atoms with Crippen molar-refractivity contribution in [1.29, 1.82) is 0 Å². The Morgan fingerprint density at radius 3 is 2.38 bits per heavy atom. The average molecular weight is 561 g/mol. The number of nitrogens with one attached hydrogen (secondary N) is 1. The Bertz CT molecular complexity index is 1380. The first-order valence-electron chi connectivity index (χ1n) is 13.4. The number of pyridine rings is 1. The second kappa shape index (κ2) is 11.5. The number of methoxy groups -OCH3 is 1. The van der Waals surface area contributed by atoms with Gasteiger partial charge < -0.3 is 19.7 Å². The van der Waals surface area contributed by atoms with E-state index in [4.69, 9.17) is 16.3 Å². The number of carboxylic acids is 1. The van der Waals surface area contributed by atoms with Gasteiger partial charge in [-0.15, -0.1) is 0 Å². The number of ether oxygens (including phenoxy) is 1. The van der Waals surface area contributed by atoms with Crippen molar-refractivity contribution >= 4 is 34.5 Å². The summed E-state index contributed by atoms with van der Waals surface area (Å²) in [5, 5.41) is 12.6. The van der Waals surface area contributed by atoms with Crippen molar-refractivity contribution in [2.24, 2.45) is 11.8 Å². The summed E-state index contributed by atoms with van der Waals surface area (Å²) in [5.74, 6) is -3.02. The Labute approximate surface area is 229 Å². The molecule has 0 bridgehead atoms. The van der Waals surface area contributed by atoms with Crippen LogP contribution >= 0.6 is 11.6 Å². The van der Waals surface area contributed by atoms with Crippen molar-refractivity contribution in [3.8, 4) is 17.3 Å². The van der Waals surface area contributed by atoms with Gasteiger partial charge in [0.1, 0.15) is 17.0 Å². The number of carbonyl (C=O) groups is 2. The van der Waals surface area contributed by atoms with E-state index in [1.165, 1.54) is 7.11 Å². The van der Waals surface area contributed by atoms with Gasteiger partial charge in [-0.1, -0.05) is 30.9 Å². The third-order valence-corrected chi connectivity index (χ3v) is 8.36. The van der Waals surface area contributed by atoms with Crippen LogP contribution in [0, 0.1) is 23.5 Å². The number of carboxylic acid groups (broad SMARTS) is 1. The van der Waals surface area contributed by atoms with Gasteiger partial charge in [0.05, 0.1) is 29.6 Å². The molecule has 1 amide bonds. The maximum absolute atomic E-state index is 14.6. The SMILES string of the molecule is COc1ccc(-c2nc3cc(F)c(F)cc3n2[C@H](C(=O)NC2CCC(C(=O)O)CC2)C2CCCCC2)c(Cl)n1. The molecule has 1 aromatic carbocycles. The molecule has 5 rings (SSSR count). The lowest BCUT2D eigenvalue weighted by atomic mass is 9.82. The second-order valence-corrected chi connectivity index (χ2v) is 10.8. The molecule has 0 spiro atoms. The lowest BCUT2D eigenvalue weighted by Crippen LogP contribution is -2.44. The summed E-state index contributed by atoms with van der Waals surface area (Å²) in [4.78, 5) is 34.3. The lowest BCUT2D eigenvalue weighted by molar-refractivity contribution is -0.142. The highest BCUT2D eigenvalue weighted by Crippen LogP contribution is 2.40. The first kappa shape index (κ1) is 27.3. The molecule has 208 valence electrons. The molecule has 1 atom stereocenters. The molecule has 0 radical (unpaired) electrons. The van der Waals surface area contributed by atoms with Crippen LogP contribution in [-0.4, -0.2) is 44.7 Å². The molecule has 2 aliphatic rings. The molecule has 0 aliphatic heterocycles. The topological polar surface area (TPSA) is 106 Å². The van der Waals surface area contributed by atoms with Crippen LogP contribution in [0.3, 0.4) is 0 Å². The molecule has 8 nitrogen and oxygen atoms in total. The first-order chi connectivity index (χ1) is 18.8. The molecular formula is C28H31ClF2N4O4. The minimum atomic E-state index is -1.04. The van der Waals surface area contributed by atoms with Crippen molar-refractivity contribution in [1.82, 2.24) is 19.9 Å². The Morgan fingerprint density at radius 1 is 1.05 bits per heavy atom. The van der Waals surface area contributed by atoms with Gasteiger partial charge in [-0.2, -0.15) is 0 Å². The summed E-state index contributed by atoms with van der Waals surface area (Å²) in [6.07, 6.45) is 6.66. The Morgan fingerprint density at radius 2 is 1.74 bits per heavy atom. The lowest BCUT2D eigenvalue weighted by Gasteiger charge is -2.34. The van der Waals surface area contributed by atoms with E-state index in [0.717, 1.165) is 44.2 Å². The summed E-state index contributed by atoms with van der Waals surface area (Å²) in [5.41, 5.74) is 0.896. The molecule has 2 aromatic heterocycles. The van der Waals surface area contributed by atoms with E-state index in [1.807, 2.05) is 0 Å². The molecule has 2 N–H and O–H groups in total. The summed E-state index contributed by atoms with van der Waals surface area (Å²) >= 11 is 6.53. The first-order valence-corrected chi connectivity index (χ1v) is 13.8. The molecule has 0 saturated heterocycles. The smallest absolute Gasteiger partial charge is 0.306 e. The number of hydrogen-bond donors (Lipinski definition) is 2. The number of nitrogens with zero attached hydrogens (tertiary/aromatic N) is 3. The van der Waals surface area contributed by atoms with E-state index in [2.05, 4.69) is 15.3 Å². The summed E-state index contributed by atoms with van der Waals surface area (Å²) < 4.78 is 35.7. The van der Waals surface area contributed by atoms with Crippen LogP contribution < -0.4 is 10.1 Å². The Balaban J connectivity index is 1.60. The number of imidazole rings is 1. The minimum absolute atomic E-state index is 0.0663. The van der Waals surface area contributed by atoms with Crippen LogP contribution in [0.15, 0.2) is 24.3 Å². The minimum Gasteiger partial charge on any atom is -0.481 e. The maximum atomic E-state index is 14.6. The number of benzene rings is 1. The van der Waals surface area contributed by atoms with Gasteiger partial charge in [-0.3, -0.25) is 9.59 Å². The summed E-state index contributed by atoms with van der Waals surface area (Å²) in [6.45, 7) is 0. The fourth-order valence-electron chi connectivity index (χ4n) is 6.02. The predicted molar refractivity (Wildman–Crippen MR) is 142 cm³/mol. The average Bonchev–Trinajstić information content (AvgIpc) is 3.27. The quantitative estimate of drug-likeness (QED) is 0.347. The normalized spacial score (nSPS) is 21.0. The van der Waals surface area contributed by atoms with Crippen LogP contribution in [-0.2, 0) is 9.59 Å². The number of rotatable bonds is 7. The van der Waals surface area contributed by atoms with Gasteiger partial charge in [-0.25, -0.2) is 18.7 Å². The van der Waals surface area contributed by atoms with E-state index in [0.29, 0.717) is 37.1 Å². The number of hydrogen-bond acceptors (Lipinski definition) is 5. The highest BCUT2D eigenvalue weighted by Gasteiger charge is 2.37. The molecule has 2 fully saturated rings. The van der Waals surface area contributed by atoms with Gasteiger partial charge in [0, 0.05) is 24.2 Å². The van der Waals surface area contributed by atoms with Crippen molar-refractivity contribution in [2.45, 2.75) is 69.9 Å². The van der Waals surface area contributed by atoms with E-state index in [-0.39, 0.29) is 39.9 Å². The van der Waals surface area contributed by atoms with Gasteiger partial charge >= 0.3 is 5.97 Å². The molecule has 2 saturated carbocycles. The number of halogens is 3. The second-order valence-electron chi connectivity index (χ2n) is 10.5. The number of aliphatic carboxylic acids is 1. The van der Waals surface area contributed by atoms with Crippen molar-refractivity contribution < 1.29 is 28.2 Å². The van der Waals surface area contributed by atoms with E-state index < -0.39 is 29.6 Å². The molecular weight excluding hydrogens is 530 g/mol. The van der Waals surface area contributed by atoms with Crippen LogP contribution in [0.2, 0.25) is 5.15 Å². The molecule has 11 heteroatoms. The Hall–Kier alpha value is -3.27. The zero-order valence-electron chi connectivity index (χ0n) is 21.6. The summed E-state index contributed by atoms with van der Waals surface area (Å²) in [6, 6.07) is 4.46. The zero-order valence-corrected chi connectivity index (χ0v) is 22.4. The zero-order chi connectivity index (χ0) is 27.7. The fraction of sp³-hybridized carbons (Fsp3) is 0.500. The Kier molecular flexibility index (Phi) is 8.02. The van der Waals surface area contributed by atoms with Crippen LogP contribution in [0.5, 0.6) is 5.88 Å². The third kappa shape index (κ3) is 5.57. The highest BCUT2D eigenvalue weighted by atomic mass is 35.5. The largest absolute Gasteiger partial charge is 0.481 e. The molecule has 3 aromatic rings. The fourth-order valence-corrected chi connectivity index (χ4v) is 6.25. The predicted octanol–water partition coefficient (Wildman–Crippen LogP) is 5.92.